The molecule has 30 heavy (non-hydrogen) atoms. The fourth-order valence-corrected chi connectivity index (χ4v) is 3.80. The van der Waals surface area contributed by atoms with Gasteiger partial charge in [-0.15, -0.1) is 0 Å². The number of furan rings is 1. The maximum Gasteiger partial charge on any atom is 0.291 e. The molecule has 0 aliphatic rings. The summed E-state index contributed by atoms with van der Waals surface area (Å²) < 4.78 is 29.4. The zero-order valence-corrected chi connectivity index (χ0v) is 18.1. The third-order valence-corrected chi connectivity index (χ3v) is 5.02. The summed E-state index contributed by atoms with van der Waals surface area (Å²) in [6.45, 7) is 5.67. The number of para-hydroxylation sites is 1. The molecule has 0 atom stereocenters. The Hall–Kier alpha value is -3.13. The van der Waals surface area contributed by atoms with Gasteiger partial charge in [0.2, 0.25) is 0 Å². The third kappa shape index (κ3) is 5.27. The van der Waals surface area contributed by atoms with E-state index in [1.54, 1.807) is 48.5 Å². The summed E-state index contributed by atoms with van der Waals surface area (Å²) >= 11 is 0. The van der Waals surface area contributed by atoms with Gasteiger partial charge in [-0.1, -0.05) is 18.2 Å². The van der Waals surface area contributed by atoms with E-state index in [1.807, 2.05) is 20.8 Å². The van der Waals surface area contributed by atoms with Gasteiger partial charge in [0, 0.05) is 34.0 Å². The van der Waals surface area contributed by atoms with E-state index in [4.69, 9.17) is 4.42 Å². The molecule has 1 aromatic heterocycles. The summed E-state index contributed by atoms with van der Waals surface area (Å²) in [7, 11) is -3.38. The largest absolute Gasteiger partial charge is 0.451 e. The summed E-state index contributed by atoms with van der Waals surface area (Å²) in [5.41, 5.74) is 1.33. The van der Waals surface area contributed by atoms with Crippen LogP contribution in [0.1, 0.15) is 47.2 Å². The Kier molecular flexibility index (Phi) is 5.72. The number of rotatable bonds is 5. The molecule has 0 bridgehead atoms. The minimum atomic E-state index is -3.38. The lowest BCUT2D eigenvalue weighted by atomic mass is 10.1. The Morgan fingerprint density at radius 2 is 1.60 bits per heavy atom. The lowest BCUT2D eigenvalue weighted by Crippen LogP contribution is -2.40. The van der Waals surface area contributed by atoms with Crippen molar-refractivity contribution in [2.75, 3.05) is 11.6 Å². The van der Waals surface area contributed by atoms with Gasteiger partial charge in [0.05, 0.1) is 5.75 Å². The molecule has 3 aromatic rings. The monoisotopic (exact) mass is 428 g/mol. The van der Waals surface area contributed by atoms with Crippen LogP contribution in [0.5, 0.6) is 0 Å². The summed E-state index contributed by atoms with van der Waals surface area (Å²) in [5.74, 6) is -1.13. The van der Waals surface area contributed by atoms with E-state index in [0.29, 0.717) is 27.8 Å². The molecule has 3 rings (SSSR count). The Morgan fingerprint density at radius 3 is 2.20 bits per heavy atom. The number of benzene rings is 2. The average molecular weight is 429 g/mol. The average Bonchev–Trinajstić information content (AvgIpc) is 2.98. The molecule has 2 N–H and O–H groups in total. The highest BCUT2D eigenvalue weighted by atomic mass is 32.2. The molecule has 0 aliphatic carbocycles. The van der Waals surface area contributed by atoms with Crippen LogP contribution < -0.4 is 10.6 Å². The van der Waals surface area contributed by atoms with Crippen LogP contribution in [0, 0.1) is 0 Å². The first-order valence-corrected chi connectivity index (χ1v) is 11.4. The minimum absolute atomic E-state index is 0.0452. The molecule has 0 aliphatic heterocycles. The molecule has 8 heteroatoms. The first kappa shape index (κ1) is 21.6. The summed E-state index contributed by atoms with van der Waals surface area (Å²) in [5, 5.41) is 6.15. The molecular formula is C22H24N2O5S. The molecule has 0 fully saturated rings. The van der Waals surface area contributed by atoms with Gasteiger partial charge >= 0.3 is 0 Å². The molecule has 1 heterocycles. The van der Waals surface area contributed by atoms with E-state index in [-0.39, 0.29) is 23.0 Å². The van der Waals surface area contributed by atoms with Crippen LogP contribution in [0.25, 0.3) is 11.0 Å². The molecule has 0 spiro atoms. The second-order valence-electron chi connectivity index (χ2n) is 8.21. The molecular weight excluding hydrogens is 404 g/mol. The standard InChI is InChI=1S/C22H24N2O5S/c1-22(2,3)24-20(25)14-9-11-15(12-10-14)23-21(26)19-17(13-30(4,27)28)16-7-5-6-8-18(16)29-19/h5-12H,13H2,1-4H3,(H,23,26)(H,24,25). The predicted molar refractivity (Wildman–Crippen MR) is 116 cm³/mol. The Bertz CT molecular complexity index is 1200. The van der Waals surface area contributed by atoms with Gasteiger partial charge in [0.1, 0.15) is 5.58 Å². The molecule has 2 amide bonds. The number of fused-ring (bicyclic) bond motifs is 1. The highest BCUT2D eigenvalue weighted by molar-refractivity contribution is 7.89. The maximum atomic E-state index is 12.8. The fraction of sp³-hybridized carbons (Fsp3) is 0.273. The van der Waals surface area contributed by atoms with E-state index in [9.17, 15) is 18.0 Å². The number of amides is 2. The summed E-state index contributed by atoms with van der Waals surface area (Å²) in [4.78, 5) is 25.0. The van der Waals surface area contributed by atoms with E-state index in [0.717, 1.165) is 6.26 Å². The lowest BCUT2D eigenvalue weighted by Gasteiger charge is -2.20. The van der Waals surface area contributed by atoms with Crippen LogP contribution in [-0.2, 0) is 15.6 Å². The van der Waals surface area contributed by atoms with Crippen molar-refractivity contribution in [3.8, 4) is 0 Å². The van der Waals surface area contributed by atoms with Crippen LogP contribution in [0.15, 0.2) is 52.9 Å². The van der Waals surface area contributed by atoms with Gasteiger partial charge in [-0.25, -0.2) is 8.42 Å². The second-order valence-corrected chi connectivity index (χ2v) is 10.4. The molecule has 0 unspecified atom stereocenters. The number of nitrogens with one attached hydrogen (secondary N) is 2. The van der Waals surface area contributed by atoms with E-state index in [1.165, 1.54) is 0 Å². The van der Waals surface area contributed by atoms with Gasteiger partial charge in [0.25, 0.3) is 11.8 Å². The van der Waals surface area contributed by atoms with Crippen LogP contribution in [0.3, 0.4) is 0 Å². The number of sulfone groups is 1. The first-order valence-electron chi connectivity index (χ1n) is 9.35. The minimum Gasteiger partial charge on any atom is -0.451 e. The van der Waals surface area contributed by atoms with E-state index in [2.05, 4.69) is 10.6 Å². The van der Waals surface area contributed by atoms with Crippen molar-refractivity contribution in [3.63, 3.8) is 0 Å². The van der Waals surface area contributed by atoms with E-state index < -0.39 is 15.7 Å². The van der Waals surface area contributed by atoms with Crippen molar-refractivity contribution in [1.82, 2.24) is 5.32 Å². The van der Waals surface area contributed by atoms with Gasteiger partial charge in [-0.2, -0.15) is 0 Å². The highest BCUT2D eigenvalue weighted by Gasteiger charge is 2.23. The molecule has 2 aromatic carbocycles. The van der Waals surface area contributed by atoms with Crippen molar-refractivity contribution in [2.24, 2.45) is 0 Å². The molecule has 0 saturated heterocycles. The molecule has 158 valence electrons. The molecule has 0 radical (unpaired) electrons. The van der Waals surface area contributed by atoms with Crippen molar-refractivity contribution in [2.45, 2.75) is 32.1 Å². The summed E-state index contributed by atoms with van der Waals surface area (Å²) in [6, 6.07) is 13.3. The van der Waals surface area contributed by atoms with Gasteiger partial charge in [-0.3, -0.25) is 9.59 Å². The van der Waals surface area contributed by atoms with Gasteiger partial charge in [0.15, 0.2) is 15.6 Å². The van der Waals surface area contributed by atoms with Crippen LogP contribution >= 0.6 is 0 Å². The first-order chi connectivity index (χ1) is 13.9. The van der Waals surface area contributed by atoms with Crippen LogP contribution in [0.2, 0.25) is 0 Å². The number of carbonyl (C=O) groups is 2. The lowest BCUT2D eigenvalue weighted by molar-refractivity contribution is 0.0919. The van der Waals surface area contributed by atoms with Crippen molar-refractivity contribution in [3.05, 3.63) is 65.4 Å². The number of anilines is 1. The topological polar surface area (TPSA) is 105 Å². The van der Waals surface area contributed by atoms with E-state index >= 15 is 0 Å². The zero-order chi connectivity index (χ0) is 22.1. The fourth-order valence-electron chi connectivity index (χ4n) is 2.99. The second kappa shape index (κ2) is 7.95. The zero-order valence-electron chi connectivity index (χ0n) is 17.3. The normalized spacial score (nSPS) is 12.0. The van der Waals surface area contributed by atoms with Crippen molar-refractivity contribution >= 4 is 38.3 Å². The smallest absolute Gasteiger partial charge is 0.291 e. The Balaban J connectivity index is 1.85. The Labute approximate surface area is 175 Å². The highest BCUT2D eigenvalue weighted by Crippen LogP contribution is 2.28. The van der Waals surface area contributed by atoms with Crippen LogP contribution in [0.4, 0.5) is 5.69 Å². The van der Waals surface area contributed by atoms with Gasteiger partial charge < -0.3 is 15.1 Å². The molecule has 0 saturated carbocycles. The number of hydrogen-bond donors (Lipinski definition) is 2. The van der Waals surface area contributed by atoms with Crippen molar-refractivity contribution in [1.29, 1.82) is 0 Å². The third-order valence-electron chi connectivity index (χ3n) is 4.20. The quantitative estimate of drug-likeness (QED) is 0.644. The Morgan fingerprint density at radius 1 is 0.967 bits per heavy atom. The predicted octanol–water partition coefficient (Wildman–Crippen LogP) is 3.76. The SMILES string of the molecule is CC(C)(C)NC(=O)c1ccc(NC(=O)c2oc3ccccc3c2CS(C)(=O)=O)cc1. The number of hydrogen-bond acceptors (Lipinski definition) is 5. The number of carbonyl (C=O) groups excluding carboxylic acids is 2. The molecule has 7 nitrogen and oxygen atoms in total. The maximum absolute atomic E-state index is 12.8. The summed E-state index contributed by atoms with van der Waals surface area (Å²) in [6.07, 6.45) is 1.11. The van der Waals surface area contributed by atoms with Crippen LogP contribution in [-0.4, -0.2) is 32.0 Å². The van der Waals surface area contributed by atoms with Gasteiger partial charge in [-0.05, 0) is 51.1 Å². The van der Waals surface area contributed by atoms with Crippen molar-refractivity contribution < 1.29 is 22.4 Å².